The third-order valence-electron chi connectivity index (χ3n) is 4.13. The summed E-state index contributed by atoms with van der Waals surface area (Å²) < 4.78 is 42.8. The maximum absolute atomic E-state index is 12.5. The molecule has 0 amide bonds. The number of rotatable bonds is 4. The van der Waals surface area contributed by atoms with Gasteiger partial charge in [0.2, 0.25) is 0 Å². The SMILES string of the molecule is FC(F)(F)C1CCN(CCNC2CCOCC2)CC1. The number of nitrogens with zero attached hydrogens (tertiary/aromatic N) is 1. The lowest BCUT2D eigenvalue weighted by Gasteiger charge is -2.33. The fourth-order valence-corrected chi connectivity index (χ4v) is 2.81. The van der Waals surface area contributed by atoms with Crippen LogP contribution in [0.4, 0.5) is 13.2 Å². The van der Waals surface area contributed by atoms with Crippen LogP contribution >= 0.6 is 0 Å². The molecule has 2 heterocycles. The van der Waals surface area contributed by atoms with Crippen molar-refractivity contribution in [3.05, 3.63) is 0 Å². The van der Waals surface area contributed by atoms with E-state index in [0.717, 1.165) is 39.1 Å². The number of halogens is 3. The van der Waals surface area contributed by atoms with Gasteiger partial charge in [0.1, 0.15) is 0 Å². The van der Waals surface area contributed by atoms with Crippen molar-refractivity contribution in [2.24, 2.45) is 5.92 Å². The van der Waals surface area contributed by atoms with Crippen LogP contribution in [0.5, 0.6) is 0 Å². The van der Waals surface area contributed by atoms with Crippen molar-refractivity contribution in [3.8, 4) is 0 Å². The molecule has 2 rings (SSSR count). The van der Waals surface area contributed by atoms with Crippen LogP contribution in [-0.2, 0) is 4.74 Å². The Kier molecular flexibility index (Phi) is 5.47. The van der Waals surface area contributed by atoms with Crippen LogP contribution in [0.3, 0.4) is 0 Å². The predicted molar refractivity (Wildman–Crippen MR) is 67.1 cm³/mol. The molecule has 3 nitrogen and oxygen atoms in total. The quantitative estimate of drug-likeness (QED) is 0.853. The predicted octanol–water partition coefficient (Wildman–Crippen LogP) is 2.03. The molecule has 0 unspecified atom stereocenters. The summed E-state index contributed by atoms with van der Waals surface area (Å²) >= 11 is 0. The number of likely N-dealkylation sites (tertiary alicyclic amines) is 1. The molecule has 0 aliphatic carbocycles. The maximum Gasteiger partial charge on any atom is 0.391 e. The van der Waals surface area contributed by atoms with E-state index in [4.69, 9.17) is 4.74 Å². The summed E-state index contributed by atoms with van der Waals surface area (Å²) in [7, 11) is 0. The summed E-state index contributed by atoms with van der Waals surface area (Å²) in [6, 6.07) is 0.515. The van der Waals surface area contributed by atoms with Crippen molar-refractivity contribution in [2.45, 2.75) is 37.9 Å². The fourth-order valence-electron chi connectivity index (χ4n) is 2.81. The van der Waals surface area contributed by atoms with Crippen LogP contribution in [0, 0.1) is 5.92 Å². The van der Waals surface area contributed by atoms with Crippen LogP contribution in [0.2, 0.25) is 0 Å². The first-order chi connectivity index (χ1) is 9.05. The van der Waals surface area contributed by atoms with Crippen molar-refractivity contribution in [1.29, 1.82) is 0 Å². The summed E-state index contributed by atoms with van der Waals surface area (Å²) in [5.74, 6) is -1.09. The zero-order valence-electron chi connectivity index (χ0n) is 11.2. The molecule has 2 saturated heterocycles. The number of hydrogen-bond donors (Lipinski definition) is 1. The van der Waals surface area contributed by atoms with Crippen molar-refractivity contribution < 1.29 is 17.9 Å². The molecule has 2 aliphatic rings. The van der Waals surface area contributed by atoms with Crippen molar-refractivity contribution in [1.82, 2.24) is 10.2 Å². The molecule has 2 fully saturated rings. The third-order valence-corrected chi connectivity index (χ3v) is 4.13. The standard InChI is InChI=1S/C13H23F3N2O/c14-13(15,16)11-1-6-18(7-2-11)8-5-17-12-3-9-19-10-4-12/h11-12,17H,1-10H2. The average Bonchev–Trinajstić information content (AvgIpc) is 2.39. The van der Waals surface area contributed by atoms with Gasteiger partial charge in [-0.25, -0.2) is 0 Å². The lowest BCUT2D eigenvalue weighted by Crippen LogP contribution is -2.44. The minimum atomic E-state index is -4.01. The van der Waals surface area contributed by atoms with Gasteiger partial charge in [-0.2, -0.15) is 13.2 Å². The van der Waals surface area contributed by atoms with Gasteiger partial charge in [0.15, 0.2) is 0 Å². The minimum absolute atomic E-state index is 0.251. The normalized spacial score (nSPS) is 24.8. The van der Waals surface area contributed by atoms with Gasteiger partial charge < -0.3 is 15.0 Å². The lowest BCUT2D eigenvalue weighted by atomic mass is 9.96. The van der Waals surface area contributed by atoms with Crippen molar-refractivity contribution >= 4 is 0 Å². The first-order valence-electron chi connectivity index (χ1n) is 7.16. The molecule has 0 saturated carbocycles. The molecule has 0 spiro atoms. The Labute approximate surface area is 112 Å². The van der Waals surface area contributed by atoms with Gasteiger partial charge in [-0.3, -0.25) is 0 Å². The van der Waals surface area contributed by atoms with Crippen LogP contribution in [0.1, 0.15) is 25.7 Å². The molecule has 0 aromatic rings. The first-order valence-corrected chi connectivity index (χ1v) is 7.16. The lowest BCUT2D eigenvalue weighted by molar-refractivity contribution is -0.184. The zero-order chi connectivity index (χ0) is 13.7. The molecular weight excluding hydrogens is 257 g/mol. The van der Waals surface area contributed by atoms with E-state index in [0.29, 0.717) is 19.1 Å². The van der Waals surface area contributed by atoms with Crippen LogP contribution in [0.15, 0.2) is 0 Å². The van der Waals surface area contributed by atoms with E-state index in [1.165, 1.54) is 0 Å². The largest absolute Gasteiger partial charge is 0.391 e. The second kappa shape index (κ2) is 6.90. The summed E-state index contributed by atoms with van der Waals surface area (Å²) in [5, 5.41) is 3.47. The van der Waals surface area contributed by atoms with Gasteiger partial charge in [0.05, 0.1) is 5.92 Å². The highest BCUT2D eigenvalue weighted by molar-refractivity contribution is 4.78. The summed E-state index contributed by atoms with van der Waals surface area (Å²) in [4.78, 5) is 2.13. The molecule has 0 atom stereocenters. The number of nitrogens with one attached hydrogen (secondary N) is 1. The van der Waals surface area contributed by atoms with Crippen LogP contribution < -0.4 is 5.32 Å². The summed E-state index contributed by atoms with van der Waals surface area (Å²) in [6.45, 7) is 4.48. The number of piperidine rings is 1. The van der Waals surface area contributed by atoms with E-state index in [1.807, 2.05) is 0 Å². The number of alkyl halides is 3. The van der Waals surface area contributed by atoms with E-state index in [1.54, 1.807) is 0 Å². The van der Waals surface area contributed by atoms with Gasteiger partial charge >= 0.3 is 6.18 Å². The second-order valence-electron chi connectivity index (χ2n) is 5.50. The monoisotopic (exact) mass is 280 g/mol. The molecule has 0 aromatic carbocycles. The Morgan fingerprint density at radius 1 is 1.05 bits per heavy atom. The highest BCUT2D eigenvalue weighted by Crippen LogP contribution is 2.33. The fraction of sp³-hybridized carbons (Fsp3) is 1.00. The van der Waals surface area contributed by atoms with Gasteiger partial charge in [-0.15, -0.1) is 0 Å². The molecule has 6 heteroatoms. The highest BCUT2D eigenvalue weighted by Gasteiger charge is 2.40. The number of hydrogen-bond acceptors (Lipinski definition) is 3. The molecule has 1 N–H and O–H groups in total. The molecular formula is C13H23F3N2O. The smallest absolute Gasteiger partial charge is 0.381 e. The van der Waals surface area contributed by atoms with Gasteiger partial charge in [-0.05, 0) is 38.8 Å². The van der Waals surface area contributed by atoms with Gasteiger partial charge in [0.25, 0.3) is 0 Å². The Bertz CT molecular complexity index is 259. The maximum atomic E-state index is 12.5. The second-order valence-corrected chi connectivity index (χ2v) is 5.50. The zero-order valence-corrected chi connectivity index (χ0v) is 11.2. The average molecular weight is 280 g/mol. The Morgan fingerprint density at radius 2 is 1.68 bits per heavy atom. The highest BCUT2D eigenvalue weighted by atomic mass is 19.4. The Hall–Kier alpha value is -0.330. The number of ether oxygens (including phenoxy) is 1. The van der Waals surface area contributed by atoms with E-state index < -0.39 is 12.1 Å². The molecule has 19 heavy (non-hydrogen) atoms. The molecule has 0 radical (unpaired) electrons. The minimum Gasteiger partial charge on any atom is -0.381 e. The van der Waals surface area contributed by atoms with Crippen LogP contribution in [-0.4, -0.2) is 56.5 Å². The Morgan fingerprint density at radius 3 is 2.26 bits per heavy atom. The molecule has 112 valence electrons. The first kappa shape index (κ1) is 15.1. The molecule has 2 aliphatic heterocycles. The van der Waals surface area contributed by atoms with E-state index >= 15 is 0 Å². The van der Waals surface area contributed by atoms with Crippen LogP contribution in [0.25, 0.3) is 0 Å². The van der Waals surface area contributed by atoms with Crippen molar-refractivity contribution in [3.63, 3.8) is 0 Å². The molecule has 0 bridgehead atoms. The van der Waals surface area contributed by atoms with Gasteiger partial charge in [-0.1, -0.05) is 0 Å². The topological polar surface area (TPSA) is 24.5 Å². The summed E-state index contributed by atoms with van der Waals surface area (Å²) in [6.07, 6.45) is -1.43. The summed E-state index contributed by atoms with van der Waals surface area (Å²) in [5.41, 5.74) is 0. The molecule has 0 aromatic heterocycles. The van der Waals surface area contributed by atoms with E-state index in [-0.39, 0.29) is 12.8 Å². The Balaban J connectivity index is 1.58. The van der Waals surface area contributed by atoms with E-state index in [2.05, 4.69) is 10.2 Å². The third kappa shape index (κ3) is 4.93. The van der Waals surface area contributed by atoms with Gasteiger partial charge in [0, 0.05) is 32.3 Å². The van der Waals surface area contributed by atoms with Crippen molar-refractivity contribution in [2.75, 3.05) is 39.4 Å². The van der Waals surface area contributed by atoms with E-state index in [9.17, 15) is 13.2 Å².